The molecule has 0 bridgehead atoms. The van der Waals surface area contributed by atoms with E-state index in [-0.39, 0.29) is 5.75 Å². The van der Waals surface area contributed by atoms with Gasteiger partial charge in [-0.2, -0.15) is 0 Å². The largest absolute Gasteiger partial charge is 0.507 e. The van der Waals surface area contributed by atoms with Gasteiger partial charge in [0.2, 0.25) is 0 Å². The van der Waals surface area contributed by atoms with Gasteiger partial charge in [-0.3, -0.25) is 9.78 Å². The molecule has 4 nitrogen and oxygen atoms in total. The number of fused-ring (bicyclic) bond motifs is 1. The number of carbonyl (C=O) groups is 1. The molecule has 1 N–H and O–H groups in total. The molecule has 4 heteroatoms. The van der Waals surface area contributed by atoms with Crippen LogP contribution in [0.25, 0.3) is 10.8 Å². The summed E-state index contributed by atoms with van der Waals surface area (Å²) in [5, 5.41) is 11.0. The Morgan fingerprint density at radius 1 is 1.40 bits per heavy atom. The van der Waals surface area contributed by atoms with Crippen molar-refractivity contribution in [3.8, 4) is 11.5 Å². The van der Waals surface area contributed by atoms with Gasteiger partial charge in [-0.15, -0.1) is 0 Å². The summed E-state index contributed by atoms with van der Waals surface area (Å²) in [4.78, 5) is 14.5. The van der Waals surface area contributed by atoms with Crippen molar-refractivity contribution in [2.75, 3.05) is 7.11 Å². The number of ether oxygens (including phenoxy) is 1. The van der Waals surface area contributed by atoms with Crippen molar-refractivity contribution in [2.24, 2.45) is 0 Å². The van der Waals surface area contributed by atoms with Crippen molar-refractivity contribution < 1.29 is 14.6 Å². The maximum Gasteiger partial charge on any atom is 0.150 e. The number of hydrogen-bond donors (Lipinski definition) is 1. The Balaban J connectivity index is 2.84. The number of rotatable bonds is 2. The van der Waals surface area contributed by atoms with E-state index in [4.69, 9.17) is 4.74 Å². The first kappa shape index (κ1) is 9.45. The maximum absolute atomic E-state index is 10.6. The topological polar surface area (TPSA) is 59.4 Å². The lowest BCUT2D eigenvalue weighted by atomic mass is 10.1. The van der Waals surface area contributed by atoms with Gasteiger partial charge in [-0.1, -0.05) is 0 Å². The zero-order chi connectivity index (χ0) is 10.8. The van der Waals surface area contributed by atoms with E-state index in [1.165, 1.54) is 19.4 Å². The molecule has 0 spiro atoms. The van der Waals surface area contributed by atoms with Crippen LogP contribution in [0.2, 0.25) is 0 Å². The Kier molecular flexibility index (Phi) is 2.25. The minimum absolute atomic E-state index is 0.0221. The molecule has 0 unspecified atom stereocenters. The highest BCUT2D eigenvalue weighted by Gasteiger charge is 2.08. The SMILES string of the molecule is COc1cncc2cc(C=O)cc(O)c12. The molecule has 15 heavy (non-hydrogen) atoms. The van der Waals surface area contributed by atoms with Gasteiger partial charge in [0, 0.05) is 17.1 Å². The predicted octanol–water partition coefficient (Wildman–Crippen LogP) is 1.76. The number of methoxy groups -OCH3 is 1. The van der Waals surface area contributed by atoms with Crippen LogP contribution in [0.15, 0.2) is 24.5 Å². The summed E-state index contributed by atoms with van der Waals surface area (Å²) in [5.74, 6) is 0.510. The van der Waals surface area contributed by atoms with Gasteiger partial charge in [-0.05, 0) is 12.1 Å². The molecule has 0 aliphatic heterocycles. The Morgan fingerprint density at radius 3 is 2.87 bits per heavy atom. The van der Waals surface area contributed by atoms with Crippen LogP contribution in [-0.4, -0.2) is 23.5 Å². The van der Waals surface area contributed by atoms with Gasteiger partial charge in [0.15, 0.2) is 0 Å². The third kappa shape index (κ3) is 1.50. The van der Waals surface area contributed by atoms with Crippen LogP contribution in [0, 0.1) is 0 Å². The summed E-state index contributed by atoms with van der Waals surface area (Å²) >= 11 is 0. The van der Waals surface area contributed by atoms with Crippen LogP contribution < -0.4 is 4.74 Å². The average Bonchev–Trinajstić information content (AvgIpc) is 2.27. The van der Waals surface area contributed by atoms with Crippen molar-refractivity contribution in [2.45, 2.75) is 0 Å². The molecule has 0 saturated heterocycles. The van der Waals surface area contributed by atoms with Gasteiger partial charge in [0.25, 0.3) is 0 Å². The molecule has 0 fully saturated rings. The molecule has 0 saturated carbocycles. The minimum Gasteiger partial charge on any atom is -0.507 e. The molecule has 0 atom stereocenters. The standard InChI is InChI=1S/C11H9NO3/c1-15-10-5-12-4-8-2-7(6-13)3-9(14)11(8)10/h2-6,14H,1H3. The molecule has 2 aromatic rings. The summed E-state index contributed by atoms with van der Waals surface area (Å²) in [5.41, 5.74) is 0.412. The first-order chi connectivity index (χ1) is 7.26. The van der Waals surface area contributed by atoms with Crippen molar-refractivity contribution in [1.82, 2.24) is 4.98 Å². The molecule has 1 aromatic carbocycles. The number of aldehydes is 1. The molecule has 0 aliphatic rings. The smallest absolute Gasteiger partial charge is 0.150 e. The highest BCUT2D eigenvalue weighted by atomic mass is 16.5. The second kappa shape index (κ2) is 3.57. The highest BCUT2D eigenvalue weighted by molar-refractivity contribution is 5.96. The molecule has 0 radical (unpaired) electrons. The van der Waals surface area contributed by atoms with E-state index in [9.17, 15) is 9.90 Å². The number of aromatic nitrogens is 1. The quantitative estimate of drug-likeness (QED) is 0.755. The lowest BCUT2D eigenvalue weighted by molar-refractivity contribution is 0.112. The summed E-state index contributed by atoms with van der Waals surface area (Å²) in [6.45, 7) is 0. The maximum atomic E-state index is 10.6. The van der Waals surface area contributed by atoms with Gasteiger partial charge in [-0.25, -0.2) is 0 Å². The second-order valence-corrected chi connectivity index (χ2v) is 3.10. The third-order valence-corrected chi connectivity index (χ3v) is 2.18. The number of carbonyl (C=O) groups excluding carboxylic acids is 1. The van der Waals surface area contributed by atoms with E-state index in [2.05, 4.69) is 4.98 Å². The molecular formula is C11H9NO3. The van der Waals surface area contributed by atoms with Crippen LogP contribution in [0.4, 0.5) is 0 Å². The Hall–Kier alpha value is -2.10. The van der Waals surface area contributed by atoms with E-state index in [1.807, 2.05) is 0 Å². The van der Waals surface area contributed by atoms with Crippen LogP contribution in [-0.2, 0) is 0 Å². The van der Waals surface area contributed by atoms with Gasteiger partial charge in [0.1, 0.15) is 17.8 Å². The van der Waals surface area contributed by atoms with Crippen LogP contribution in [0.5, 0.6) is 11.5 Å². The molecule has 1 heterocycles. The fourth-order valence-electron chi connectivity index (χ4n) is 1.51. The monoisotopic (exact) mass is 203 g/mol. The first-order valence-electron chi connectivity index (χ1n) is 4.36. The number of benzene rings is 1. The normalized spacial score (nSPS) is 10.2. The second-order valence-electron chi connectivity index (χ2n) is 3.10. The Morgan fingerprint density at radius 2 is 2.20 bits per heavy atom. The number of phenols is 1. The fraction of sp³-hybridized carbons (Fsp3) is 0.0909. The zero-order valence-electron chi connectivity index (χ0n) is 8.10. The predicted molar refractivity (Wildman–Crippen MR) is 55.3 cm³/mol. The molecule has 0 amide bonds. The Labute approximate surface area is 86.1 Å². The highest BCUT2D eigenvalue weighted by Crippen LogP contribution is 2.32. The molecule has 1 aromatic heterocycles. The number of aromatic hydroxyl groups is 1. The molecule has 0 aliphatic carbocycles. The van der Waals surface area contributed by atoms with Crippen molar-refractivity contribution in [1.29, 1.82) is 0 Å². The van der Waals surface area contributed by atoms with E-state index in [0.717, 1.165) is 0 Å². The fourth-order valence-corrected chi connectivity index (χ4v) is 1.51. The minimum atomic E-state index is 0.0221. The van der Waals surface area contributed by atoms with E-state index >= 15 is 0 Å². The van der Waals surface area contributed by atoms with E-state index in [1.54, 1.807) is 12.3 Å². The van der Waals surface area contributed by atoms with Crippen molar-refractivity contribution in [3.63, 3.8) is 0 Å². The van der Waals surface area contributed by atoms with Gasteiger partial charge >= 0.3 is 0 Å². The lowest BCUT2D eigenvalue weighted by Crippen LogP contribution is -1.89. The summed E-state index contributed by atoms with van der Waals surface area (Å²) < 4.78 is 5.07. The summed E-state index contributed by atoms with van der Waals surface area (Å²) in [6.07, 6.45) is 3.77. The number of phenolic OH excluding ortho intramolecular Hbond substituents is 1. The summed E-state index contributed by atoms with van der Waals surface area (Å²) in [6, 6.07) is 3.05. The number of pyridine rings is 1. The summed E-state index contributed by atoms with van der Waals surface area (Å²) in [7, 11) is 1.50. The lowest BCUT2D eigenvalue weighted by Gasteiger charge is -2.06. The van der Waals surface area contributed by atoms with E-state index < -0.39 is 0 Å². The van der Waals surface area contributed by atoms with Gasteiger partial charge < -0.3 is 9.84 Å². The van der Waals surface area contributed by atoms with Crippen molar-refractivity contribution >= 4 is 17.1 Å². The van der Waals surface area contributed by atoms with Crippen LogP contribution >= 0.6 is 0 Å². The number of hydrogen-bond acceptors (Lipinski definition) is 4. The van der Waals surface area contributed by atoms with E-state index in [0.29, 0.717) is 28.4 Å². The number of nitrogens with zero attached hydrogens (tertiary/aromatic N) is 1. The first-order valence-corrected chi connectivity index (χ1v) is 4.36. The van der Waals surface area contributed by atoms with Crippen molar-refractivity contribution in [3.05, 3.63) is 30.1 Å². The zero-order valence-corrected chi connectivity index (χ0v) is 8.10. The average molecular weight is 203 g/mol. The molecular weight excluding hydrogens is 194 g/mol. The van der Waals surface area contributed by atoms with Gasteiger partial charge in [0.05, 0.1) is 18.7 Å². The molecule has 76 valence electrons. The molecule has 2 rings (SSSR count). The Bertz CT molecular complexity index is 522. The third-order valence-electron chi connectivity index (χ3n) is 2.18. The van der Waals surface area contributed by atoms with Crippen LogP contribution in [0.1, 0.15) is 10.4 Å². The van der Waals surface area contributed by atoms with Crippen LogP contribution in [0.3, 0.4) is 0 Å².